The molecule has 9 heteroatoms. The molecule has 4 aromatic rings. The van der Waals surface area contributed by atoms with Crippen LogP contribution in [0.5, 0.6) is 0 Å². The molecule has 2 aromatic carbocycles. The lowest BCUT2D eigenvalue weighted by Crippen LogP contribution is -2.06. The Morgan fingerprint density at radius 2 is 1.79 bits per heavy atom. The first kappa shape index (κ1) is 20.4. The van der Waals surface area contributed by atoms with Crippen LogP contribution < -0.4 is 5.32 Å². The Hall–Kier alpha value is -3.36. The van der Waals surface area contributed by atoms with Crippen molar-refractivity contribution < 1.29 is 5.11 Å². The fraction of sp³-hybridized carbons (Fsp3) is 0.150. The van der Waals surface area contributed by atoms with Crippen molar-refractivity contribution in [2.45, 2.75) is 20.1 Å². The third kappa shape index (κ3) is 4.56. The van der Waals surface area contributed by atoms with Crippen LogP contribution in [-0.4, -0.2) is 35.7 Å². The fourth-order valence-corrected chi connectivity index (χ4v) is 2.96. The van der Waals surface area contributed by atoms with Gasteiger partial charge in [0.2, 0.25) is 5.82 Å². The van der Waals surface area contributed by atoms with Gasteiger partial charge in [0.05, 0.1) is 6.61 Å². The van der Waals surface area contributed by atoms with Gasteiger partial charge >= 0.3 is 0 Å². The van der Waals surface area contributed by atoms with E-state index in [1.54, 1.807) is 6.20 Å². The standard InChI is InChI=1S/C20H19N7O.ClH/c1-13-21-11-16(12-28)19(23-13)22-10-14-6-8-15(9-7-14)17-4-2-3-5-18(17)20-24-26-27-25-20;/h2-9,11,28H,10,12H2,1H3,(H,21,22,23)(H,24,25,26,27);1H. The van der Waals surface area contributed by atoms with Crippen LogP contribution in [0.2, 0.25) is 0 Å². The van der Waals surface area contributed by atoms with E-state index in [1.807, 2.05) is 31.2 Å². The Balaban J connectivity index is 0.00000240. The molecule has 0 saturated carbocycles. The van der Waals surface area contributed by atoms with E-state index in [9.17, 15) is 5.11 Å². The monoisotopic (exact) mass is 409 g/mol. The number of halogens is 1. The van der Waals surface area contributed by atoms with E-state index in [1.165, 1.54) is 0 Å². The van der Waals surface area contributed by atoms with Gasteiger partial charge < -0.3 is 10.4 Å². The molecule has 8 nitrogen and oxygen atoms in total. The van der Waals surface area contributed by atoms with E-state index in [4.69, 9.17) is 0 Å². The van der Waals surface area contributed by atoms with Gasteiger partial charge in [0.1, 0.15) is 11.6 Å². The number of aliphatic hydroxyl groups is 1. The van der Waals surface area contributed by atoms with Gasteiger partial charge in [-0.1, -0.05) is 48.5 Å². The van der Waals surface area contributed by atoms with E-state index < -0.39 is 0 Å². The molecule has 0 aliphatic carbocycles. The number of nitrogens with one attached hydrogen (secondary N) is 2. The van der Waals surface area contributed by atoms with Gasteiger partial charge in [-0.3, -0.25) is 0 Å². The molecule has 0 unspecified atom stereocenters. The predicted molar refractivity (Wildman–Crippen MR) is 112 cm³/mol. The number of aromatic nitrogens is 6. The van der Waals surface area contributed by atoms with Crippen LogP contribution in [0.15, 0.2) is 54.7 Å². The predicted octanol–water partition coefficient (Wildman–Crippen LogP) is 3.16. The van der Waals surface area contributed by atoms with Gasteiger partial charge in [-0.15, -0.1) is 22.6 Å². The normalized spacial score (nSPS) is 10.4. The van der Waals surface area contributed by atoms with E-state index in [0.717, 1.165) is 22.3 Å². The molecule has 0 aliphatic heterocycles. The summed E-state index contributed by atoms with van der Waals surface area (Å²) >= 11 is 0. The van der Waals surface area contributed by atoms with Crippen molar-refractivity contribution in [2.24, 2.45) is 0 Å². The topological polar surface area (TPSA) is 112 Å². The van der Waals surface area contributed by atoms with Gasteiger partial charge in [0.15, 0.2) is 0 Å². The first-order valence-corrected chi connectivity index (χ1v) is 8.84. The lowest BCUT2D eigenvalue weighted by molar-refractivity contribution is 0.281. The number of benzene rings is 2. The Morgan fingerprint density at radius 3 is 2.48 bits per heavy atom. The van der Waals surface area contributed by atoms with Crippen LogP contribution in [0.25, 0.3) is 22.5 Å². The Kier molecular flexibility index (Phi) is 6.48. The summed E-state index contributed by atoms with van der Waals surface area (Å²) in [5.74, 6) is 1.88. The average Bonchev–Trinajstić information content (AvgIpc) is 3.27. The number of hydrogen-bond donors (Lipinski definition) is 3. The van der Waals surface area contributed by atoms with E-state index >= 15 is 0 Å². The van der Waals surface area contributed by atoms with Crippen LogP contribution in [0, 0.1) is 6.92 Å². The van der Waals surface area contributed by atoms with Crippen molar-refractivity contribution in [3.63, 3.8) is 0 Å². The lowest BCUT2D eigenvalue weighted by Gasteiger charge is -2.11. The lowest BCUT2D eigenvalue weighted by atomic mass is 9.98. The molecular weight excluding hydrogens is 390 g/mol. The molecule has 3 N–H and O–H groups in total. The minimum atomic E-state index is -0.103. The molecular formula is C20H20ClN7O. The molecule has 0 saturated heterocycles. The van der Waals surface area contributed by atoms with Crippen molar-refractivity contribution in [3.05, 3.63) is 71.7 Å². The summed E-state index contributed by atoms with van der Waals surface area (Å²) in [7, 11) is 0. The number of aromatic amines is 1. The SMILES string of the molecule is Cc1ncc(CO)c(NCc2ccc(-c3ccccc3-c3nn[nH]n3)cc2)n1.Cl. The summed E-state index contributed by atoms with van der Waals surface area (Å²) < 4.78 is 0. The molecule has 0 amide bonds. The molecule has 0 bridgehead atoms. The van der Waals surface area contributed by atoms with Crippen molar-refractivity contribution >= 4 is 18.2 Å². The largest absolute Gasteiger partial charge is 0.391 e. The molecule has 0 aliphatic rings. The second-order valence-corrected chi connectivity index (χ2v) is 6.28. The highest BCUT2D eigenvalue weighted by atomic mass is 35.5. The maximum Gasteiger partial charge on any atom is 0.205 e. The molecule has 29 heavy (non-hydrogen) atoms. The third-order valence-electron chi connectivity index (χ3n) is 4.39. The summed E-state index contributed by atoms with van der Waals surface area (Å²) in [4.78, 5) is 8.47. The van der Waals surface area contributed by atoms with Gasteiger partial charge in [0, 0.05) is 23.9 Å². The highest BCUT2D eigenvalue weighted by Gasteiger charge is 2.10. The number of nitrogens with zero attached hydrogens (tertiary/aromatic N) is 5. The van der Waals surface area contributed by atoms with Crippen LogP contribution in [0.4, 0.5) is 5.82 Å². The second-order valence-electron chi connectivity index (χ2n) is 6.28. The van der Waals surface area contributed by atoms with Crippen LogP contribution in [0.3, 0.4) is 0 Å². The van der Waals surface area contributed by atoms with E-state index in [-0.39, 0.29) is 19.0 Å². The molecule has 0 radical (unpaired) electrons. The third-order valence-corrected chi connectivity index (χ3v) is 4.39. The molecule has 0 spiro atoms. The molecule has 148 valence electrons. The number of aryl methyl sites for hydroxylation is 1. The molecule has 0 atom stereocenters. The quantitative estimate of drug-likeness (QED) is 0.448. The Bertz CT molecular complexity index is 1070. The summed E-state index contributed by atoms with van der Waals surface area (Å²) in [6, 6.07) is 16.2. The summed E-state index contributed by atoms with van der Waals surface area (Å²) in [5.41, 5.74) is 4.80. The molecule has 4 rings (SSSR count). The number of hydrogen-bond acceptors (Lipinski definition) is 7. The highest BCUT2D eigenvalue weighted by molar-refractivity contribution is 5.85. The van der Waals surface area contributed by atoms with Gasteiger partial charge in [-0.25, -0.2) is 9.97 Å². The zero-order chi connectivity index (χ0) is 19.3. The Morgan fingerprint density at radius 1 is 1.03 bits per heavy atom. The minimum absolute atomic E-state index is 0. The number of tetrazole rings is 1. The average molecular weight is 410 g/mol. The molecule has 2 heterocycles. The van der Waals surface area contributed by atoms with Crippen LogP contribution in [0.1, 0.15) is 17.0 Å². The van der Waals surface area contributed by atoms with Gasteiger partial charge in [-0.05, 0) is 28.8 Å². The summed E-state index contributed by atoms with van der Waals surface area (Å²) in [6.07, 6.45) is 1.64. The van der Waals surface area contributed by atoms with Crippen molar-refractivity contribution in [3.8, 4) is 22.5 Å². The smallest absolute Gasteiger partial charge is 0.205 e. The number of anilines is 1. The number of aliphatic hydroxyl groups excluding tert-OH is 1. The minimum Gasteiger partial charge on any atom is -0.391 e. The zero-order valence-corrected chi connectivity index (χ0v) is 16.5. The maximum atomic E-state index is 9.44. The van der Waals surface area contributed by atoms with E-state index in [2.05, 4.69) is 60.2 Å². The van der Waals surface area contributed by atoms with Crippen molar-refractivity contribution in [1.82, 2.24) is 30.6 Å². The number of H-pyrrole nitrogens is 1. The molecule has 0 fully saturated rings. The van der Waals surface area contributed by atoms with Crippen molar-refractivity contribution in [1.29, 1.82) is 0 Å². The summed E-state index contributed by atoms with van der Waals surface area (Å²) in [5, 5.41) is 27.0. The summed E-state index contributed by atoms with van der Waals surface area (Å²) in [6.45, 7) is 2.31. The Labute approximate surface area is 173 Å². The highest BCUT2D eigenvalue weighted by Crippen LogP contribution is 2.29. The first-order valence-electron chi connectivity index (χ1n) is 8.84. The van der Waals surface area contributed by atoms with E-state index in [0.29, 0.717) is 29.6 Å². The maximum absolute atomic E-state index is 9.44. The van der Waals surface area contributed by atoms with Crippen LogP contribution in [-0.2, 0) is 13.2 Å². The number of rotatable bonds is 6. The van der Waals surface area contributed by atoms with Gasteiger partial charge in [-0.2, -0.15) is 5.21 Å². The first-order chi connectivity index (χ1) is 13.7. The van der Waals surface area contributed by atoms with Crippen molar-refractivity contribution in [2.75, 3.05) is 5.32 Å². The zero-order valence-electron chi connectivity index (χ0n) is 15.7. The van der Waals surface area contributed by atoms with Crippen LogP contribution >= 0.6 is 12.4 Å². The second kappa shape index (κ2) is 9.22. The fourth-order valence-electron chi connectivity index (χ4n) is 2.96. The van der Waals surface area contributed by atoms with Gasteiger partial charge in [0.25, 0.3) is 0 Å². The molecule has 2 aromatic heterocycles.